The Bertz CT molecular complexity index is 977. The Balaban J connectivity index is 1.85. The summed E-state index contributed by atoms with van der Waals surface area (Å²) in [6.45, 7) is 2.07. The van der Waals surface area contributed by atoms with E-state index in [2.05, 4.69) is 0 Å². The molecule has 0 N–H and O–H groups in total. The Hall–Kier alpha value is -3.28. The van der Waals surface area contributed by atoms with Gasteiger partial charge in [-0.05, 0) is 37.3 Å². The first-order valence-corrected chi connectivity index (χ1v) is 9.05. The summed E-state index contributed by atoms with van der Waals surface area (Å²) in [6, 6.07) is 13.0. The zero-order valence-electron chi connectivity index (χ0n) is 16.0. The van der Waals surface area contributed by atoms with Crippen molar-refractivity contribution in [3.8, 4) is 11.5 Å². The molecule has 2 aromatic rings. The molecule has 2 heterocycles. The van der Waals surface area contributed by atoms with Crippen LogP contribution in [0.25, 0.3) is 0 Å². The van der Waals surface area contributed by atoms with E-state index in [0.29, 0.717) is 22.8 Å². The van der Waals surface area contributed by atoms with Crippen LogP contribution in [-0.4, -0.2) is 32.7 Å². The van der Waals surface area contributed by atoms with Crippen molar-refractivity contribution < 1.29 is 23.8 Å². The first kappa shape index (κ1) is 18.1. The van der Waals surface area contributed by atoms with Crippen molar-refractivity contribution in [2.24, 2.45) is 0 Å². The number of ether oxygens (including phenoxy) is 3. The lowest BCUT2D eigenvalue weighted by Crippen LogP contribution is -2.37. The van der Waals surface area contributed by atoms with Crippen LogP contribution in [0.15, 0.2) is 53.7 Å². The molecule has 28 heavy (non-hydrogen) atoms. The molecule has 0 aliphatic carbocycles. The minimum atomic E-state index is -0.441. The molecule has 0 saturated heterocycles. The summed E-state index contributed by atoms with van der Waals surface area (Å²) >= 11 is 0. The molecular formula is C22H21NO5. The smallest absolute Gasteiger partial charge is 0.336 e. The molecule has 2 aliphatic rings. The molecule has 6 nitrogen and oxygen atoms in total. The SMILES string of the molecule is COc1ccc(OC)c([C@@H]2CC(=O)N(c3ccc(C)cc3)C3=C2C(=O)OC3)c1. The van der Waals surface area contributed by atoms with Gasteiger partial charge in [0.1, 0.15) is 18.1 Å². The van der Waals surface area contributed by atoms with E-state index >= 15 is 0 Å². The van der Waals surface area contributed by atoms with Gasteiger partial charge >= 0.3 is 5.97 Å². The van der Waals surface area contributed by atoms with Crippen molar-refractivity contribution in [1.82, 2.24) is 0 Å². The Kier molecular flexibility index (Phi) is 4.55. The minimum absolute atomic E-state index is 0.0799. The summed E-state index contributed by atoms with van der Waals surface area (Å²) in [5.74, 6) is 0.321. The van der Waals surface area contributed by atoms with Gasteiger partial charge in [-0.3, -0.25) is 9.69 Å². The van der Waals surface area contributed by atoms with Crippen molar-refractivity contribution in [3.05, 3.63) is 64.9 Å². The normalized spacial score (nSPS) is 18.8. The fraction of sp³-hybridized carbons (Fsp3) is 0.273. The number of carbonyl (C=O) groups excluding carboxylic acids is 2. The number of nitrogens with zero attached hydrogens (tertiary/aromatic N) is 1. The fourth-order valence-corrected chi connectivity index (χ4v) is 3.82. The summed E-state index contributed by atoms with van der Waals surface area (Å²) in [7, 11) is 3.14. The quantitative estimate of drug-likeness (QED) is 0.763. The predicted molar refractivity (Wildman–Crippen MR) is 104 cm³/mol. The molecule has 0 fully saturated rings. The number of anilines is 1. The highest BCUT2D eigenvalue weighted by Crippen LogP contribution is 2.45. The molecular weight excluding hydrogens is 358 g/mol. The minimum Gasteiger partial charge on any atom is -0.497 e. The topological polar surface area (TPSA) is 65.1 Å². The van der Waals surface area contributed by atoms with Crippen LogP contribution in [-0.2, 0) is 14.3 Å². The number of benzene rings is 2. The highest BCUT2D eigenvalue weighted by Gasteiger charge is 2.43. The maximum Gasteiger partial charge on any atom is 0.336 e. The molecule has 0 aromatic heterocycles. The molecule has 2 aromatic carbocycles. The van der Waals surface area contributed by atoms with Gasteiger partial charge in [0.15, 0.2) is 0 Å². The van der Waals surface area contributed by atoms with Crippen LogP contribution in [0, 0.1) is 6.92 Å². The third kappa shape index (κ3) is 2.91. The number of aryl methyl sites for hydroxylation is 1. The molecule has 0 spiro atoms. The zero-order valence-corrected chi connectivity index (χ0v) is 16.0. The second-order valence-electron chi connectivity index (χ2n) is 6.87. The number of hydrogen-bond donors (Lipinski definition) is 0. The van der Waals surface area contributed by atoms with Crippen LogP contribution in [0.2, 0.25) is 0 Å². The lowest BCUT2D eigenvalue weighted by atomic mass is 9.83. The van der Waals surface area contributed by atoms with Crippen LogP contribution in [0.3, 0.4) is 0 Å². The van der Waals surface area contributed by atoms with E-state index in [1.54, 1.807) is 31.3 Å². The van der Waals surface area contributed by atoms with E-state index in [0.717, 1.165) is 16.8 Å². The summed E-state index contributed by atoms with van der Waals surface area (Å²) in [5, 5.41) is 0. The molecule has 144 valence electrons. The van der Waals surface area contributed by atoms with Gasteiger partial charge in [0.2, 0.25) is 5.91 Å². The van der Waals surface area contributed by atoms with Gasteiger partial charge in [0.05, 0.1) is 25.5 Å². The highest BCUT2D eigenvalue weighted by molar-refractivity contribution is 6.06. The first-order chi connectivity index (χ1) is 13.5. The van der Waals surface area contributed by atoms with Gasteiger partial charge in [0, 0.05) is 23.6 Å². The molecule has 1 amide bonds. The maximum atomic E-state index is 13.1. The van der Waals surface area contributed by atoms with E-state index in [1.165, 1.54) is 0 Å². The fourth-order valence-electron chi connectivity index (χ4n) is 3.82. The number of cyclic esters (lactones) is 1. The van der Waals surface area contributed by atoms with E-state index in [9.17, 15) is 9.59 Å². The molecule has 0 bridgehead atoms. The summed E-state index contributed by atoms with van der Waals surface area (Å²) in [5.41, 5.74) is 3.68. The van der Waals surface area contributed by atoms with E-state index in [4.69, 9.17) is 14.2 Å². The van der Waals surface area contributed by atoms with Crippen LogP contribution in [0.4, 0.5) is 5.69 Å². The van der Waals surface area contributed by atoms with E-state index < -0.39 is 11.9 Å². The standard InChI is InChI=1S/C22H21NO5/c1-13-4-6-14(7-5-13)23-18-12-28-22(25)21(18)17(11-20(23)24)16-10-15(26-2)8-9-19(16)27-3/h4-10,17H,11-12H2,1-3H3/t17-/m0/s1. The monoisotopic (exact) mass is 379 g/mol. The number of methoxy groups -OCH3 is 2. The molecule has 0 saturated carbocycles. The first-order valence-electron chi connectivity index (χ1n) is 9.05. The van der Waals surface area contributed by atoms with Crippen LogP contribution >= 0.6 is 0 Å². The van der Waals surface area contributed by atoms with Gasteiger partial charge in [-0.2, -0.15) is 0 Å². The van der Waals surface area contributed by atoms with Crippen LogP contribution in [0.5, 0.6) is 11.5 Å². The molecule has 6 heteroatoms. The maximum absolute atomic E-state index is 13.1. The number of carbonyl (C=O) groups is 2. The number of hydrogen-bond acceptors (Lipinski definition) is 5. The van der Waals surface area contributed by atoms with Crippen molar-refractivity contribution in [2.75, 3.05) is 25.7 Å². The van der Waals surface area contributed by atoms with Gasteiger partial charge in [-0.25, -0.2) is 4.79 Å². The molecule has 0 unspecified atom stereocenters. The second-order valence-corrected chi connectivity index (χ2v) is 6.87. The van der Waals surface area contributed by atoms with E-state index in [1.807, 2.05) is 37.3 Å². The lowest BCUT2D eigenvalue weighted by molar-refractivity contribution is -0.136. The van der Waals surface area contributed by atoms with Crippen LogP contribution in [0.1, 0.15) is 23.5 Å². The molecule has 0 radical (unpaired) electrons. The average molecular weight is 379 g/mol. The third-order valence-electron chi connectivity index (χ3n) is 5.22. The third-order valence-corrected chi connectivity index (χ3v) is 5.22. The Morgan fingerprint density at radius 3 is 2.46 bits per heavy atom. The summed E-state index contributed by atoms with van der Waals surface area (Å²) < 4.78 is 16.1. The number of amides is 1. The zero-order chi connectivity index (χ0) is 19.8. The van der Waals surface area contributed by atoms with Crippen molar-refractivity contribution in [3.63, 3.8) is 0 Å². The Labute approximate surface area is 163 Å². The lowest BCUT2D eigenvalue weighted by Gasteiger charge is -2.32. The molecule has 4 rings (SSSR count). The van der Waals surface area contributed by atoms with Gasteiger partial charge < -0.3 is 14.2 Å². The Morgan fingerprint density at radius 1 is 1.04 bits per heavy atom. The average Bonchev–Trinajstić information content (AvgIpc) is 3.09. The molecule has 1 atom stereocenters. The van der Waals surface area contributed by atoms with Gasteiger partial charge in [0.25, 0.3) is 0 Å². The van der Waals surface area contributed by atoms with Crippen LogP contribution < -0.4 is 14.4 Å². The largest absolute Gasteiger partial charge is 0.497 e. The van der Waals surface area contributed by atoms with Crippen molar-refractivity contribution in [2.45, 2.75) is 19.3 Å². The number of rotatable bonds is 4. The summed E-state index contributed by atoms with van der Waals surface area (Å²) in [4.78, 5) is 27.3. The number of esters is 1. The predicted octanol–water partition coefficient (Wildman–Crippen LogP) is 3.34. The van der Waals surface area contributed by atoms with E-state index in [-0.39, 0.29) is 18.9 Å². The molecule has 2 aliphatic heterocycles. The van der Waals surface area contributed by atoms with Crippen molar-refractivity contribution >= 4 is 17.6 Å². The summed E-state index contributed by atoms with van der Waals surface area (Å²) in [6.07, 6.45) is 0.144. The second kappa shape index (κ2) is 7.03. The highest BCUT2D eigenvalue weighted by atomic mass is 16.5. The van der Waals surface area contributed by atoms with Gasteiger partial charge in [-0.15, -0.1) is 0 Å². The Morgan fingerprint density at radius 2 is 1.79 bits per heavy atom. The van der Waals surface area contributed by atoms with Gasteiger partial charge in [-0.1, -0.05) is 17.7 Å². The van der Waals surface area contributed by atoms with Crippen molar-refractivity contribution in [1.29, 1.82) is 0 Å².